The first-order chi connectivity index (χ1) is 13.9. The summed E-state index contributed by atoms with van der Waals surface area (Å²) in [5, 5.41) is 4.34. The number of thiazole rings is 1. The Labute approximate surface area is 169 Å². The molecule has 0 saturated carbocycles. The second kappa shape index (κ2) is 8.95. The number of rotatable bonds is 7. The fourth-order valence-corrected chi connectivity index (χ4v) is 3.02. The Kier molecular flexibility index (Phi) is 6.38. The normalized spacial score (nSPS) is 11.2. The van der Waals surface area contributed by atoms with Gasteiger partial charge in [-0.15, -0.1) is 11.3 Å². The van der Waals surface area contributed by atoms with Crippen molar-refractivity contribution in [3.63, 3.8) is 0 Å². The molecule has 0 spiro atoms. The van der Waals surface area contributed by atoms with Crippen LogP contribution in [0, 0.1) is 0 Å². The quantitative estimate of drug-likeness (QED) is 0.555. The Bertz CT molecular complexity index is 975. The number of alkyl halides is 3. The van der Waals surface area contributed by atoms with E-state index in [1.165, 1.54) is 23.5 Å². The summed E-state index contributed by atoms with van der Waals surface area (Å²) in [7, 11) is 0. The number of halogens is 3. The Hall–Kier alpha value is -3.07. The van der Waals surface area contributed by atoms with Gasteiger partial charge in [0.25, 0.3) is 5.91 Å². The van der Waals surface area contributed by atoms with Gasteiger partial charge >= 0.3 is 6.18 Å². The van der Waals surface area contributed by atoms with Crippen molar-refractivity contribution in [1.82, 2.24) is 4.98 Å². The van der Waals surface area contributed by atoms with Crippen LogP contribution in [0.1, 0.15) is 28.5 Å². The summed E-state index contributed by atoms with van der Waals surface area (Å²) in [6, 6.07) is 9.31. The number of carbonyl (C=O) groups excluding carboxylic acids is 1. The molecule has 0 aliphatic rings. The molecule has 0 radical (unpaired) electrons. The number of anilines is 1. The van der Waals surface area contributed by atoms with Gasteiger partial charge in [-0.25, -0.2) is 4.98 Å². The molecule has 1 heterocycles. The average Bonchev–Trinajstić information content (AvgIpc) is 3.21. The fraction of sp³-hybridized carbons (Fsp3) is 0.200. The number of nitrogens with zero attached hydrogens (tertiary/aromatic N) is 1. The average molecular weight is 422 g/mol. The maximum atomic E-state index is 13.0. The van der Waals surface area contributed by atoms with Crippen molar-refractivity contribution in [1.29, 1.82) is 0 Å². The molecule has 0 atom stereocenters. The Balaban J connectivity index is 1.78. The van der Waals surface area contributed by atoms with Crippen LogP contribution in [0.15, 0.2) is 53.4 Å². The van der Waals surface area contributed by atoms with Crippen LogP contribution in [-0.4, -0.2) is 17.5 Å². The SMILES string of the molecule is CCOc1ccc(C(F)(F)F)cc1NC(=O)c1cccc(OCc2cscn2)c1. The number of ether oxygens (including phenoxy) is 2. The number of nitrogens with one attached hydrogen (secondary N) is 1. The highest BCUT2D eigenvalue weighted by molar-refractivity contribution is 7.07. The molecular formula is C20H17F3N2O3S. The van der Waals surface area contributed by atoms with Crippen molar-refractivity contribution in [3.05, 3.63) is 70.2 Å². The standard InChI is InChI=1S/C20H17F3N2O3S/c1-2-27-18-7-6-14(20(21,22)23)9-17(18)25-19(26)13-4-3-5-16(8-13)28-10-15-11-29-12-24-15/h3-9,11-12H,2,10H2,1H3,(H,25,26). The molecular weight excluding hydrogens is 405 g/mol. The predicted octanol–water partition coefficient (Wildman–Crippen LogP) is 5.39. The van der Waals surface area contributed by atoms with Crippen LogP contribution in [0.2, 0.25) is 0 Å². The lowest BCUT2D eigenvalue weighted by molar-refractivity contribution is -0.137. The first kappa shape index (κ1) is 20.7. The number of hydrogen-bond acceptors (Lipinski definition) is 5. The van der Waals surface area contributed by atoms with Crippen molar-refractivity contribution in [3.8, 4) is 11.5 Å². The summed E-state index contributed by atoms with van der Waals surface area (Å²) in [5.74, 6) is 0.0221. The lowest BCUT2D eigenvalue weighted by Crippen LogP contribution is -2.14. The van der Waals surface area contributed by atoms with E-state index in [-0.39, 0.29) is 30.2 Å². The summed E-state index contributed by atoms with van der Waals surface area (Å²) in [6.07, 6.45) is -4.53. The van der Waals surface area contributed by atoms with E-state index in [0.29, 0.717) is 5.75 Å². The van der Waals surface area contributed by atoms with E-state index in [0.717, 1.165) is 17.8 Å². The van der Waals surface area contributed by atoms with E-state index in [4.69, 9.17) is 9.47 Å². The predicted molar refractivity (Wildman–Crippen MR) is 103 cm³/mol. The molecule has 0 fully saturated rings. The summed E-state index contributed by atoms with van der Waals surface area (Å²) >= 11 is 1.44. The monoisotopic (exact) mass is 422 g/mol. The van der Waals surface area contributed by atoms with Gasteiger partial charge in [0.05, 0.1) is 29.1 Å². The van der Waals surface area contributed by atoms with Crippen molar-refractivity contribution >= 4 is 22.9 Å². The van der Waals surface area contributed by atoms with Crippen LogP contribution in [0.3, 0.4) is 0 Å². The highest BCUT2D eigenvalue weighted by Crippen LogP contribution is 2.35. The first-order valence-electron chi connectivity index (χ1n) is 8.62. The number of amides is 1. The molecule has 0 aliphatic heterocycles. The topological polar surface area (TPSA) is 60.5 Å². The lowest BCUT2D eigenvalue weighted by Gasteiger charge is -2.15. The third kappa shape index (κ3) is 5.47. The second-order valence-corrected chi connectivity index (χ2v) is 6.61. The van der Waals surface area contributed by atoms with E-state index in [2.05, 4.69) is 10.3 Å². The molecule has 0 aliphatic carbocycles. The summed E-state index contributed by atoms with van der Waals surface area (Å²) < 4.78 is 50.0. The van der Waals surface area contributed by atoms with E-state index < -0.39 is 17.6 Å². The van der Waals surface area contributed by atoms with Gasteiger partial charge in [-0.05, 0) is 43.3 Å². The molecule has 152 valence electrons. The first-order valence-corrected chi connectivity index (χ1v) is 9.56. The van der Waals surface area contributed by atoms with Gasteiger partial charge in [0.2, 0.25) is 0 Å². The van der Waals surface area contributed by atoms with Gasteiger partial charge in [0.1, 0.15) is 18.1 Å². The van der Waals surface area contributed by atoms with Gasteiger partial charge < -0.3 is 14.8 Å². The van der Waals surface area contributed by atoms with Crippen molar-refractivity contribution in [2.24, 2.45) is 0 Å². The highest BCUT2D eigenvalue weighted by atomic mass is 32.1. The minimum absolute atomic E-state index is 0.0551. The minimum atomic E-state index is -4.53. The van der Waals surface area contributed by atoms with Crippen LogP contribution < -0.4 is 14.8 Å². The minimum Gasteiger partial charge on any atom is -0.492 e. The van der Waals surface area contributed by atoms with Crippen molar-refractivity contribution in [2.45, 2.75) is 19.7 Å². The molecule has 9 heteroatoms. The maximum Gasteiger partial charge on any atom is 0.416 e. The number of benzene rings is 2. The Morgan fingerprint density at radius 3 is 2.69 bits per heavy atom. The zero-order valence-electron chi connectivity index (χ0n) is 15.3. The number of hydrogen-bond donors (Lipinski definition) is 1. The van der Waals surface area contributed by atoms with Gasteiger partial charge in [0.15, 0.2) is 0 Å². The molecule has 0 bridgehead atoms. The Morgan fingerprint density at radius 2 is 2.00 bits per heavy atom. The van der Waals surface area contributed by atoms with Crippen LogP contribution in [-0.2, 0) is 12.8 Å². The molecule has 1 N–H and O–H groups in total. The molecule has 3 aromatic rings. The van der Waals surface area contributed by atoms with E-state index in [1.807, 2.05) is 5.38 Å². The van der Waals surface area contributed by atoms with Gasteiger partial charge in [-0.3, -0.25) is 4.79 Å². The van der Waals surface area contributed by atoms with Gasteiger partial charge in [-0.1, -0.05) is 6.07 Å². The number of carbonyl (C=O) groups is 1. The smallest absolute Gasteiger partial charge is 0.416 e. The lowest BCUT2D eigenvalue weighted by atomic mass is 10.1. The van der Waals surface area contributed by atoms with Crippen LogP contribution >= 0.6 is 11.3 Å². The molecule has 29 heavy (non-hydrogen) atoms. The molecule has 1 amide bonds. The largest absolute Gasteiger partial charge is 0.492 e. The highest BCUT2D eigenvalue weighted by Gasteiger charge is 2.31. The third-order valence-corrected chi connectivity index (χ3v) is 4.46. The van der Waals surface area contributed by atoms with Crippen LogP contribution in [0.4, 0.5) is 18.9 Å². The number of aromatic nitrogens is 1. The summed E-state index contributed by atoms with van der Waals surface area (Å²) in [6.45, 7) is 2.19. The molecule has 0 saturated heterocycles. The molecule has 5 nitrogen and oxygen atoms in total. The van der Waals surface area contributed by atoms with E-state index in [9.17, 15) is 18.0 Å². The molecule has 2 aromatic carbocycles. The Morgan fingerprint density at radius 1 is 1.17 bits per heavy atom. The summed E-state index contributed by atoms with van der Waals surface area (Å²) in [4.78, 5) is 16.7. The van der Waals surface area contributed by atoms with Gasteiger partial charge in [0, 0.05) is 10.9 Å². The summed E-state index contributed by atoms with van der Waals surface area (Å²) in [5.41, 5.74) is 1.75. The van der Waals surface area contributed by atoms with Crippen LogP contribution in [0.5, 0.6) is 11.5 Å². The van der Waals surface area contributed by atoms with Gasteiger partial charge in [-0.2, -0.15) is 13.2 Å². The van der Waals surface area contributed by atoms with Crippen molar-refractivity contribution in [2.75, 3.05) is 11.9 Å². The van der Waals surface area contributed by atoms with E-state index in [1.54, 1.807) is 30.6 Å². The fourth-order valence-electron chi connectivity index (χ4n) is 2.47. The second-order valence-electron chi connectivity index (χ2n) is 5.89. The molecule has 3 rings (SSSR count). The van der Waals surface area contributed by atoms with E-state index >= 15 is 0 Å². The van der Waals surface area contributed by atoms with Crippen molar-refractivity contribution < 1.29 is 27.4 Å². The molecule has 0 unspecified atom stereocenters. The zero-order valence-corrected chi connectivity index (χ0v) is 16.1. The maximum absolute atomic E-state index is 13.0. The van der Waals surface area contributed by atoms with Crippen LogP contribution in [0.25, 0.3) is 0 Å². The zero-order chi connectivity index (χ0) is 20.9. The molecule has 1 aromatic heterocycles. The third-order valence-electron chi connectivity index (χ3n) is 3.82.